The van der Waals surface area contributed by atoms with E-state index in [-0.39, 0.29) is 12.3 Å². The molecule has 2 aromatic heterocycles. The predicted octanol–water partition coefficient (Wildman–Crippen LogP) is 5.87. The molecule has 0 amide bonds. The number of carboxylic acids is 1. The van der Waals surface area contributed by atoms with E-state index in [9.17, 15) is 4.79 Å². The largest absolute Gasteiger partial charge is 0.493 e. The van der Waals surface area contributed by atoms with Crippen LogP contribution in [0.5, 0.6) is 5.75 Å². The van der Waals surface area contributed by atoms with Crippen molar-refractivity contribution in [2.45, 2.75) is 46.0 Å². The maximum atomic E-state index is 10.8. The fourth-order valence-electron chi connectivity index (χ4n) is 3.87. The summed E-state index contributed by atoms with van der Waals surface area (Å²) >= 11 is 0. The molecule has 0 aliphatic heterocycles. The van der Waals surface area contributed by atoms with Gasteiger partial charge in [-0.25, -0.2) is 15.0 Å². The van der Waals surface area contributed by atoms with Gasteiger partial charge in [-0.2, -0.15) is 0 Å². The molecule has 2 heterocycles. The summed E-state index contributed by atoms with van der Waals surface area (Å²) in [6.07, 6.45) is 4.68. The highest BCUT2D eigenvalue weighted by molar-refractivity contribution is 5.67. The molecule has 0 saturated carbocycles. The molecule has 0 radical (unpaired) electrons. The van der Waals surface area contributed by atoms with Crippen molar-refractivity contribution in [1.82, 2.24) is 15.0 Å². The van der Waals surface area contributed by atoms with Crippen LogP contribution in [0.4, 0.5) is 0 Å². The number of aromatic nitrogens is 3. The van der Waals surface area contributed by atoms with Crippen molar-refractivity contribution in [2.24, 2.45) is 0 Å². The molecule has 0 aliphatic rings. The Morgan fingerprint density at radius 3 is 2.40 bits per heavy atom. The predicted molar refractivity (Wildman–Crippen MR) is 133 cm³/mol. The lowest BCUT2D eigenvalue weighted by Gasteiger charge is -2.10. The van der Waals surface area contributed by atoms with Crippen molar-refractivity contribution < 1.29 is 19.1 Å². The molecule has 0 saturated heterocycles. The molecule has 35 heavy (non-hydrogen) atoms. The van der Waals surface area contributed by atoms with Gasteiger partial charge in [-0.05, 0) is 60.7 Å². The molecule has 4 rings (SSSR count). The first-order chi connectivity index (χ1) is 16.9. The second-order valence-corrected chi connectivity index (χ2v) is 8.71. The molecule has 7 nitrogen and oxygen atoms in total. The lowest BCUT2D eigenvalue weighted by molar-refractivity contribution is -0.136. The van der Waals surface area contributed by atoms with Crippen LogP contribution in [0.15, 0.2) is 65.3 Å². The molecule has 0 unspecified atom stereocenters. The summed E-state index contributed by atoms with van der Waals surface area (Å²) in [6, 6.07) is 15.4. The number of carbonyl (C=O) groups is 1. The highest BCUT2D eigenvalue weighted by atomic mass is 16.5. The van der Waals surface area contributed by atoms with Crippen LogP contribution in [0, 0.1) is 6.92 Å². The van der Waals surface area contributed by atoms with Gasteiger partial charge in [0.25, 0.3) is 0 Å². The van der Waals surface area contributed by atoms with E-state index in [4.69, 9.17) is 19.2 Å². The minimum absolute atomic E-state index is 0.121. The number of aryl methyl sites for hydroxylation is 2. The fraction of sp³-hybridized carbons (Fsp3) is 0.286. The minimum Gasteiger partial charge on any atom is -0.493 e. The molecular formula is C28H29N3O4. The smallest absolute Gasteiger partial charge is 0.303 e. The highest BCUT2D eigenvalue weighted by Gasteiger charge is 2.18. The summed E-state index contributed by atoms with van der Waals surface area (Å²) in [7, 11) is 0. The molecule has 0 aliphatic carbocycles. The zero-order valence-electron chi connectivity index (χ0n) is 20.2. The average Bonchev–Trinajstić information content (AvgIpc) is 3.29. The third kappa shape index (κ3) is 6.12. The van der Waals surface area contributed by atoms with Crippen LogP contribution >= 0.6 is 0 Å². The SMILES string of the molecule is Cc1cc(OCCc2oc(-c3ccc(-c4ncccn4)cc3)nc2C(C)C)ccc1CCC(=O)O. The summed E-state index contributed by atoms with van der Waals surface area (Å²) in [5.41, 5.74) is 4.80. The quantitative estimate of drug-likeness (QED) is 0.309. The third-order valence-electron chi connectivity index (χ3n) is 5.75. The first-order valence-corrected chi connectivity index (χ1v) is 11.7. The van der Waals surface area contributed by atoms with Gasteiger partial charge in [-0.3, -0.25) is 4.79 Å². The summed E-state index contributed by atoms with van der Waals surface area (Å²) < 4.78 is 12.1. The van der Waals surface area contributed by atoms with Gasteiger partial charge in [0.05, 0.1) is 12.3 Å². The van der Waals surface area contributed by atoms with E-state index in [1.165, 1.54) is 0 Å². The Labute approximate surface area is 204 Å². The van der Waals surface area contributed by atoms with Crippen LogP contribution in [-0.2, 0) is 17.6 Å². The molecule has 0 bridgehead atoms. The Morgan fingerprint density at radius 1 is 1.03 bits per heavy atom. The first-order valence-electron chi connectivity index (χ1n) is 11.7. The van der Waals surface area contributed by atoms with Crippen LogP contribution in [0.3, 0.4) is 0 Å². The number of oxazole rings is 1. The summed E-state index contributed by atoms with van der Waals surface area (Å²) in [6.45, 7) is 6.62. The molecule has 180 valence electrons. The van der Waals surface area contributed by atoms with E-state index in [2.05, 4.69) is 23.8 Å². The number of nitrogens with zero attached hydrogens (tertiary/aromatic N) is 3. The lowest BCUT2D eigenvalue weighted by Crippen LogP contribution is -2.04. The van der Waals surface area contributed by atoms with E-state index in [0.29, 0.717) is 31.2 Å². The van der Waals surface area contributed by atoms with Gasteiger partial charge in [0.15, 0.2) is 5.82 Å². The minimum atomic E-state index is -0.793. The Balaban J connectivity index is 1.43. The molecule has 0 fully saturated rings. The topological polar surface area (TPSA) is 98.3 Å². The number of carboxylic acid groups (broad SMARTS) is 1. The second kappa shape index (κ2) is 11.0. The van der Waals surface area contributed by atoms with E-state index in [1.54, 1.807) is 18.5 Å². The number of ether oxygens (including phenoxy) is 1. The Kier molecular flexibility index (Phi) is 7.55. The van der Waals surface area contributed by atoms with Crippen molar-refractivity contribution >= 4 is 5.97 Å². The number of aliphatic carboxylic acids is 1. The van der Waals surface area contributed by atoms with Gasteiger partial charge in [0.1, 0.15) is 11.5 Å². The molecule has 0 spiro atoms. The van der Waals surface area contributed by atoms with E-state index < -0.39 is 5.97 Å². The normalized spacial score (nSPS) is 11.1. The van der Waals surface area contributed by atoms with Crippen LogP contribution in [0.1, 0.15) is 48.8 Å². The Bertz CT molecular complexity index is 1280. The first kappa shape index (κ1) is 24.1. The van der Waals surface area contributed by atoms with Crippen molar-refractivity contribution in [2.75, 3.05) is 6.61 Å². The summed E-state index contributed by atoms with van der Waals surface area (Å²) in [4.78, 5) is 24.2. The number of hydrogen-bond acceptors (Lipinski definition) is 6. The van der Waals surface area contributed by atoms with Gasteiger partial charge in [0, 0.05) is 36.4 Å². The number of hydrogen-bond donors (Lipinski definition) is 1. The van der Waals surface area contributed by atoms with Crippen molar-refractivity contribution in [3.63, 3.8) is 0 Å². The summed E-state index contributed by atoms with van der Waals surface area (Å²) in [5, 5.41) is 8.90. The van der Waals surface area contributed by atoms with E-state index >= 15 is 0 Å². The van der Waals surface area contributed by atoms with Crippen LogP contribution in [0.2, 0.25) is 0 Å². The molecule has 4 aromatic rings. The third-order valence-corrected chi connectivity index (χ3v) is 5.75. The van der Waals surface area contributed by atoms with Crippen molar-refractivity contribution in [3.8, 4) is 28.6 Å². The zero-order valence-corrected chi connectivity index (χ0v) is 20.2. The number of benzene rings is 2. The molecule has 0 atom stereocenters. The fourth-order valence-corrected chi connectivity index (χ4v) is 3.87. The van der Waals surface area contributed by atoms with Crippen LogP contribution < -0.4 is 4.74 Å². The molecular weight excluding hydrogens is 442 g/mol. The van der Waals surface area contributed by atoms with Crippen molar-refractivity contribution in [1.29, 1.82) is 0 Å². The van der Waals surface area contributed by atoms with Gasteiger partial charge in [-0.1, -0.05) is 32.0 Å². The molecule has 1 N–H and O–H groups in total. The van der Waals surface area contributed by atoms with E-state index in [0.717, 1.165) is 39.5 Å². The zero-order chi connectivity index (χ0) is 24.8. The molecule has 7 heteroatoms. The van der Waals surface area contributed by atoms with Gasteiger partial charge in [-0.15, -0.1) is 0 Å². The maximum Gasteiger partial charge on any atom is 0.303 e. The lowest BCUT2D eigenvalue weighted by atomic mass is 10.0. The van der Waals surface area contributed by atoms with Crippen LogP contribution in [0.25, 0.3) is 22.8 Å². The summed E-state index contributed by atoms with van der Waals surface area (Å²) in [5.74, 6) is 2.26. The van der Waals surface area contributed by atoms with Gasteiger partial charge < -0.3 is 14.3 Å². The second-order valence-electron chi connectivity index (χ2n) is 8.71. The molecule has 2 aromatic carbocycles. The Morgan fingerprint density at radius 2 is 1.74 bits per heavy atom. The highest BCUT2D eigenvalue weighted by Crippen LogP contribution is 2.28. The van der Waals surface area contributed by atoms with Crippen molar-refractivity contribution in [3.05, 3.63) is 83.5 Å². The number of rotatable bonds is 10. The van der Waals surface area contributed by atoms with E-state index in [1.807, 2.05) is 49.4 Å². The monoisotopic (exact) mass is 471 g/mol. The average molecular weight is 472 g/mol. The standard InChI is InChI=1S/C28H29N3O4/c1-18(2)26-24(13-16-34-23-11-9-20(19(3)17-23)10-12-25(32)33)35-28(31-26)22-7-5-21(6-8-22)27-29-14-4-15-30-27/h4-9,11,14-15,17-18H,10,12-13,16H2,1-3H3,(H,32,33). The maximum absolute atomic E-state index is 10.8. The Hall–Kier alpha value is -4.00. The van der Waals surface area contributed by atoms with Gasteiger partial charge >= 0.3 is 5.97 Å². The van der Waals surface area contributed by atoms with Gasteiger partial charge in [0.2, 0.25) is 5.89 Å². The van der Waals surface area contributed by atoms with Crippen LogP contribution in [-0.4, -0.2) is 32.6 Å².